The molecule has 1 unspecified atom stereocenters. The zero-order valence-corrected chi connectivity index (χ0v) is 12.6. The van der Waals surface area contributed by atoms with Crippen molar-refractivity contribution in [3.8, 4) is 0 Å². The van der Waals surface area contributed by atoms with Crippen LogP contribution in [0, 0.1) is 0 Å². The third-order valence-corrected chi connectivity index (χ3v) is 3.36. The van der Waals surface area contributed by atoms with E-state index in [1.165, 1.54) is 11.1 Å². The zero-order valence-electron chi connectivity index (χ0n) is 12.6. The molecule has 0 amide bonds. The fraction of sp³-hybridized carbons (Fsp3) is 0.625. The minimum atomic E-state index is 0.330. The average molecular weight is 264 g/mol. The maximum Gasteiger partial charge on any atom is 0.0713 e. The summed E-state index contributed by atoms with van der Waals surface area (Å²) in [5.41, 5.74) is 8.51. The van der Waals surface area contributed by atoms with Crippen molar-refractivity contribution < 1.29 is 4.74 Å². The van der Waals surface area contributed by atoms with Crippen LogP contribution in [0.5, 0.6) is 0 Å². The SMILES string of the molecule is CCCN(CCC)C(CN)c1ccc(COC)cc1. The quantitative estimate of drug-likeness (QED) is 0.745. The molecule has 0 saturated carbocycles. The fourth-order valence-corrected chi connectivity index (χ4v) is 2.50. The normalized spacial score (nSPS) is 12.9. The fourth-order valence-electron chi connectivity index (χ4n) is 2.50. The first-order chi connectivity index (χ1) is 9.26. The van der Waals surface area contributed by atoms with E-state index in [2.05, 4.69) is 43.0 Å². The number of rotatable bonds is 9. The number of ether oxygens (including phenoxy) is 1. The third-order valence-electron chi connectivity index (χ3n) is 3.36. The van der Waals surface area contributed by atoms with Crippen molar-refractivity contribution in [3.63, 3.8) is 0 Å². The number of hydrogen-bond donors (Lipinski definition) is 1. The Hall–Kier alpha value is -0.900. The lowest BCUT2D eigenvalue weighted by Gasteiger charge is -2.30. The summed E-state index contributed by atoms with van der Waals surface area (Å²) in [6.07, 6.45) is 2.33. The predicted molar refractivity (Wildman–Crippen MR) is 81.1 cm³/mol. The van der Waals surface area contributed by atoms with Crippen LogP contribution < -0.4 is 5.73 Å². The van der Waals surface area contributed by atoms with Crippen molar-refractivity contribution in [2.24, 2.45) is 5.73 Å². The van der Waals surface area contributed by atoms with E-state index in [-0.39, 0.29) is 0 Å². The van der Waals surface area contributed by atoms with Gasteiger partial charge in [-0.25, -0.2) is 0 Å². The van der Waals surface area contributed by atoms with Crippen LogP contribution in [0.15, 0.2) is 24.3 Å². The van der Waals surface area contributed by atoms with Crippen molar-refractivity contribution in [1.82, 2.24) is 4.90 Å². The summed E-state index contributed by atoms with van der Waals surface area (Å²) in [5.74, 6) is 0. The van der Waals surface area contributed by atoms with Crippen molar-refractivity contribution in [3.05, 3.63) is 35.4 Å². The average Bonchev–Trinajstić information content (AvgIpc) is 2.42. The van der Waals surface area contributed by atoms with Crippen LogP contribution in [-0.2, 0) is 11.3 Å². The molecular weight excluding hydrogens is 236 g/mol. The molecule has 0 spiro atoms. The summed E-state index contributed by atoms with van der Waals surface area (Å²) in [6.45, 7) is 7.99. The topological polar surface area (TPSA) is 38.5 Å². The maximum atomic E-state index is 6.00. The molecule has 0 bridgehead atoms. The van der Waals surface area contributed by atoms with Crippen LogP contribution in [0.4, 0.5) is 0 Å². The van der Waals surface area contributed by atoms with Crippen molar-refractivity contribution in [1.29, 1.82) is 0 Å². The molecule has 3 nitrogen and oxygen atoms in total. The largest absolute Gasteiger partial charge is 0.380 e. The van der Waals surface area contributed by atoms with Gasteiger partial charge >= 0.3 is 0 Å². The molecular formula is C16H28N2O. The van der Waals surface area contributed by atoms with Gasteiger partial charge in [-0.15, -0.1) is 0 Å². The Morgan fingerprint density at radius 1 is 1.11 bits per heavy atom. The lowest BCUT2D eigenvalue weighted by Crippen LogP contribution is -2.35. The molecule has 0 heterocycles. The highest BCUT2D eigenvalue weighted by Gasteiger charge is 2.17. The van der Waals surface area contributed by atoms with E-state index in [0.29, 0.717) is 19.2 Å². The highest BCUT2D eigenvalue weighted by atomic mass is 16.5. The Bertz CT molecular complexity index is 331. The van der Waals surface area contributed by atoms with E-state index in [1.54, 1.807) is 7.11 Å². The van der Waals surface area contributed by atoms with Crippen LogP contribution in [0.1, 0.15) is 43.9 Å². The van der Waals surface area contributed by atoms with Gasteiger partial charge < -0.3 is 10.5 Å². The summed E-state index contributed by atoms with van der Waals surface area (Å²) >= 11 is 0. The predicted octanol–water partition coefficient (Wildman–Crippen LogP) is 2.95. The van der Waals surface area contributed by atoms with Gasteiger partial charge in [-0.05, 0) is 37.1 Å². The molecule has 2 N–H and O–H groups in total. The highest BCUT2D eigenvalue weighted by Crippen LogP contribution is 2.21. The Morgan fingerprint density at radius 3 is 2.11 bits per heavy atom. The number of hydrogen-bond acceptors (Lipinski definition) is 3. The van der Waals surface area contributed by atoms with E-state index in [4.69, 9.17) is 10.5 Å². The molecule has 1 atom stereocenters. The van der Waals surface area contributed by atoms with Gasteiger partial charge in [0.25, 0.3) is 0 Å². The molecule has 19 heavy (non-hydrogen) atoms. The summed E-state index contributed by atoms with van der Waals surface area (Å²) in [7, 11) is 1.72. The van der Waals surface area contributed by atoms with Crippen LogP contribution in [0.3, 0.4) is 0 Å². The molecule has 0 aromatic heterocycles. The lowest BCUT2D eigenvalue weighted by molar-refractivity contribution is 0.184. The Morgan fingerprint density at radius 2 is 1.68 bits per heavy atom. The molecule has 0 saturated heterocycles. The molecule has 0 radical (unpaired) electrons. The van der Waals surface area contributed by atoms with Gasteiger partial charge in [0.1, 0.15) is 0 Å². The van der Waals surface area contributed by atoms with E-state index in [9.17, 15) is 0 Å². The monoisotopic (exact) mass is 264 g/mol. The standard InChI is InChI=1S/C16H28N2O/c1-4-10-18(11-5-2)16(12-17)15-8-6-14(7-9-15)13-19-3/h6-9,16H,4-5,10-13,17H2,1-3H3. The molecule has 0 aliphatic carbocycles. The summed E-state index contributed by atoms with van der Waals surface area (Å²) < 4.78 is 5.14. The first-order valence-corrected chi connectivity index (χ1v) is 7.28. The van der Waals surface area contributed by atoms with Gasteiger partial charge in [-0.1, -0.05) is 38.1 Å². The van der Waals surface area contributed by atoms with Crippen LogP contribution in [0.25, 0.3) is 0 Å². The molecule has 108 valence electrons. The molecule has 0 fully saturated rings. The second-order valence-corrected chi connectivity index (χ2v) is 4.96. The van der Waals surface area contributed by atoms with Gasteiger partial charge in [-0.2, -0.15) is 0 Å². The molecule has 0 aliphatic heterocycles. The van der Waals surface area contributed by atoms with Gasteiger partial charge in [0.15, 0.2) is 0 Å². The smallest absolute Gasteiger partial charge is 0.0713 e. The van der Waals surface area contributed by atoms with E-state index in [1.807, 2.05) is 0 Å². The summed E-state index contributed by atoms with van der Waals surface area (Å²) in [6, 6.07) is 8.97. The molecule has 1 aromatic rings. The number of benzene rings is 1. The highest BCUT2D eigenvalue weighted by molar-refractivity contribution is 5.25. The van der Waals surface area contributed by atoms with Crippen molar-refractivity contribution in [2.75, 3.05) is 26.7 Å². The zero-order chi connectivity index (χ0) is 14.1. The van der Waals surface area contributed by atoms with E-state index >= 15 is 0 Å². The third kappa shape index (κ3) is 4.94. The van der Waals surface area contributed by atoms with Gasteiger partial charge in [-0.3, -0.25) is 4.90 Å². The summed E-state index contributed by atoms with van der Waals surface area (Å²) in [4.78, 5) is 2.49. The number of nitrogens with two attached hydrogens (primary N) is 1. The maximum absolute atomic E-state index is 6.00. The van der Waals surface area contributed by atoms with Crippen LogP contribution >= 0.6 is 0 Å². The Balaban J connectivity index is 2.81. The summed E-state index contributed by atoms with van der Waals surface area (Å²) in [5, 5.41) is 0. The molecule has 1 aromatic carbocycles. The molecule has 1 rings (SSSR count). The van der Waals surface area contributed by atoms with Crippen molar-refractivity contribution >= 4 is 0 Å². The Labute approximate surface area is 117 Å². The second-order valence-electron chi connectivity index (χ2n) is 4.96. The lowest BCUT2D eigenvalue weighted by atomic mass is 10.0. The molecule has 0 aliphatic rings. The van der Waals surface area contributed by atoms with Crippen LogP contribution in [-0.4, -0.2) is 31.6 Å². The van der Waals surface area contributed by atoms with E-state index in [0.717, 1.165) is 25.9 Å². The van der Waals surface area contributed by atoms with Gasteiger partial charge in [0.2, 0.25) is 0 Å². The Kier molecular flexibility index (Phi) is 7.72. The number of methoxy groups -OCH3 is 1. The minimum absolute atomic E-state index is 0.330. The van der Waals surface area contributed by atoms with Crippen LogP contribution in [0.2, 0.25) is 0 Å². The second kappa shape index (κ2) is 9.08. The number of nitrogens with zero attached hydrogens (tertiary/aromatic N) is 1. The van der Waals surface area contributed by atoms with Gasteiger partial charge in [0.05, 0.1) is 6.61 Å². The van der Waals surface area contributed by atoms with E-state index < -0.39 is 0 Å². The van der Waals surface area contributed by atoms with Gasteiger partial charge in [0, 0.05) is 19.7 Å². The first kappa shape index (κ1) is 16.2. The first-order valence-electron chi connectivity index (χ1n) is 7.28. The minimum Gasteiger partial charge on any atom is -0.380 e. The van der Waals surface area contributed by atoms with Crippen molar-refractivity contribution in [2.45, 2.75) is 39.3 Å². The molecule has 3 heteroatoms.